The molecule has 1 fully saturated rings. The molecular weight excluding hydrogens is 348 g/mol. The first-order chi connectivity index (χ1) is 13.5. The van der Waals surface area contributed by atoms with E-state index in [2.05, 4.69) is 29.5 Å². The lowest BCUT2D eigenvalue weighted by molar-refractivity contribution is -0.117. The number of hydrogen-bond donors (Lipinski definition) is 2. The summed E-state index contributed by atoms with van der Waals surface area (Å²) in [5.74, 6) is 1.12. The fraction of sp³-hybridized carbons (Fsp3) is 0.391. The zero-order valence-corrected chi connectivity index (χ0v) is 16.4. The zero-order valence-electron chi connectivity index (χ0n) is 16.4. The molecule has 1 saturated heterocycles. The Morgan fingerprint density at radius 2 is 1.96 bits per heavy atom. The second-order valence-corrected chi connectivity index (χ2v) is 8.33. The predicted molar refractivity (Wildman–Crippen MR) is 114 cm³/mol. The summed E-state index contributed by atoms with van der Waals surface area (Å²) in [5, 5.41) is 3.88. The average molecular weight is 374 g/mol. The van der Waals surface area contributed by atoms with E-state index in [4.69, 9.17) is 4.98 Å². The highest BCUT2D eigenvalue weighted by Gasteiger charge is 2.41. The Kier molecular flexibility index (Phi) is 3.76. The van der Waals surface area contributed by atoms with E-state index in [0.29, 0.717) is 6.42 Å². The number of amides is 1. The van der Waals surface area contributed by atoms with Crippen molar-refractivity contribution in [2.24, 2.45) is 0 Å². The monoisotopic (exact) mass is 374 g/mol. The fourth-order valence-electron chi connectivity index (χ4n) is 5.21. The van der Waals surface area contributed by atoms with Crippen LogP contribution >= 0.6 is 0 Å². The number of carbonyl (C=O) groups is 1. The van der Waals surface area contributed by atoms with Crippen molar-refractivity contribution in [1.29, 1.82) is 0 Å². The van der Waals surface area contributed by atoms with Crippen molar-refractivity contribution in [3.8, 4) is 0 Å². The van der Waals surface area contributed by atoms with Crippen LogP contribution in [0.3, 0.4) is 0 Å². The van der Waals surface area contributed by atoms with Crippen molar-refractivity contribution >= 4 is 28.3 Å². The molecule has 3 aliphatic rings. The third-order valence-electron chi connectivity index (χ3n) is 6.55. The van der Waals surface area contributed by atoms with Gasteiger partial charge in [0, 0.05) is 24.1 Å². The second-order valence-electron chi connectivity index (χ2n) is 8.33. The standard InChI is InChI=1S/C23H26N4O/c1-4-15-12-23(13-16(15)5-2)9-8-17-19(27-10-6-7-20(27)28)11-18-22(21(17)26-23)25-14(3)24-18/h4-5,11,26H,1-2,6-10,12-13H2,3H3,(H,24,25). The number of imidazole rings is 1. The third kappa shape index (κ3) is 2.45. The van der Waals surface area contributed by atoms with Crippen molar-refractivity contribution in [1.82, 2.24) is 9.97 Å². The molecule has 28 heavy (non-hydrogen) atoms. The number of allylic oxidation sites excluding steroid dienone is 2. The minimum absolute atomic E-state index is 0.0204. The molecule has 1 aromatic carbocycles. The third-order valence-corrected chi connectivity index (χ3v) is 6.55. The van der Waals surface area contributed by atoms with Gasteiger partial charge >= 0.3 is 0 Å². The highest BCUT2D eigenvalue weighted by atomic mass is 16.2. The molecular formula is C23H26N4O. The Balaban J connectivity index is 1.63. The summed E-state index contributed by atoms with van der Waals surface area (Å²) in [4.78, 5) is 22.6. The van der Waals surface area contributed by atoms with Crippen molar-refractivity contribution in [3.63, 3.8) is 0 Å². The number of aryl methyl sites for hydroxylation is 1. The van der Waals surface area contributed by atoms with Crippen LogP contribution in [0.5, 0.6) is 0 Å². The summed E-state index contributed by atoms with van der Waals surface area (Å²) in [5.41, 5.74) is 7.90. The molecule has 0 bridgehead atoms. The molecule has 5 nitrogen and oxygen atoms in total. The summed E-state index contributed by atoms with van der Waals surface area (Å²) in [7, 11) is 0. The topological polar surface area (TPSA) is 61.0 Å². The lowest BCUT2D eigenvalue weighted by Gasteiger charge is -2.39. The van der Waals surface area contributed by atoms with Gasteiger partial charge in [0.05, 0.1) is 16.9 Å². The number of aromatic amines is 1. The summed E-state index contributed by atoms with van der Waals surface area (Å²) < 4.78 is 0. The van der Waals surface area contributed by atoms with Crippen LogP contribution in [0.15, 0.2) is 42.5 Å². The molecule has 0 saturated carbocycles. The van der Waals surface area contributed by atoms with Gasteiger partial charge in [0.15, 0.2) is 0 Å². The van der Waals surface area contributed by atoms with Gasteiger partial charge in [-0.1, -0.05) is 25.3 Å². The van der Waals surface area contributed by atoms with Crippen LogP contribution in [0.1, 0.15) is 43.5 Å². The lowest BCUT2D eigenvalue weighted by atomic mass is 9.82. The normalized spacial score (nSPS) is 20.8. The van der Waals surface area contributed by atoms with E-state index < -0.39 is 0 Å². The van der Waals surface area contributed by atoms with Crippen LogP contribution in [0.4, 0.5) is 11.4 Å². The molecule has 3 heterocycles. The number of nitrogens with zero attached hydrogens (tertiary/aromatic N) is 2. The summed E-state index contributed by atoms with van der Waals surface area (Å²) in [6.07, 6.45) is 9.38. The van der Waals surface area contributed by atoms with E-state index in [1.165, 1.54) is 16.7 Å². The molecule has 5 heteroatoms. The smallest absolute Gasteiger partial charge is 0.227 e. The maximum absolute atomic E-state index is 12.5. The number of carbonyl (C=O) groups excluding carboxylic acids is 1. The van der Waals surface area contributed by atoms with Crippen molar-refractivity contribution in [2.45, 2.75) is 51.0 Å². The van der Waals surface area contributed by atoms with Gasteiger partial charge in [-0.3, -0.25) is 4.79 Å². The SMILES string of the molecule is C=CC1=C(C=C)CC2(CCc3c(N4CCCC4=O)cc4[nH]c(C)nc4c3N2)C1. The molecule has 0 radical (unpaired) electrons. The first kappa shape index (κ1) is 17.3. The van der Waals surface area contributed by atoms with Crippen LogP contribution in [-0.2, 0) is 11.2 Å². The Bertz CT molecular complexity index is 1040. The van der Waals surface area contributed by atoms with Gasteiger partial charge in [-0.15, -0.1) is 0 Å². The van der Waals surface area contributed by atoms with Gasteiger partial charge < -0.3 is 15.2 Å². The number of H-pyrrole nitrogens is 1. The Hall–Kier alpha value is -2.82. The molecule has 144 valence electrons. The predicted octanol–water partition coefficient (Wildman–Crippen LogP) is 4.56. The molecule has 0 unspecified atom stereocenters. The summed E-state index contributed by atoms with van der Waals surface area (Å²) >= 11 is 0. The van der Waals surface area contributed by atoms with Gasteiger partial charge in [-0.2, -0.15) is 0 Å². The van der Waals surface area contributed by atoms with E-state index in [9.17, 15) is 4.79 Å². The van der Waals surface area contributed by atoms with Gasteiger partial charge in [0.2, 0.25) is 5.91 Å². The number of anilines is 2. The summed E-state index contributed by atoms with van der Waals surface area (Å²) in [6, 6.07) is 2.12. The molecule has 2 N–H and O–H groups in total. The van der Waals surface area contributed by atoms with E-state index >= 15 is 0 Å². The highest BCUT2D eigenvalue weighted by molar-refractivity contribution is 6.02. The zero-order chi connectivity index (χ0) is 19.5. The van der Waals surface area contributed by atoms with Crippen LogP contribution < -0.4 is 10.2 Å². The van der Waals surface area contributed by atoms with Crippen molar-refractivity contribution in [2.75, 3.05) is 16.8 Å². The number of rotatable bonds is 3. The number of nitrogens with one attached hydrogen (secondary N) is 2. The van der Waals surface area contributed by atoms with E-state index in [1.807, 2.05) is 24.0 Å². The van der Waals surface area contributed by atoms with Crippen LogP contribution in [0, 0.1) is 6.92 Å². The maximum atomic E-state index is 12.5. The van der Waals surface area contributed by atoms with Gasteiger partial charge in [0.1, 0.15) is 11.3 Å². The first-order valence-electron chi connectivity index (χ1n) is 10.1. The van der Waals surface area contributed by atoms with Crippen LogP contribution in [0.25, 0.3) is 11.0 Å². The van der Waals surface area contributed by atoms with Crippen molar-refractivity contribution in [3.05, 3.63) is 53.9 Å². The Morgan fingerprint density at radius 1 is 1.21 bits per heavy atom. The molecule has 1 aromatic heterocycles. The molecule has 0 atom stereocenters. The number of benzene rings is 1. The highest BCUT2D eigenvalue weighted by Crippen LogP contribution is 2.48. The molecule has 1 amide bonds. The maximum Gasteiger partial charge on any atom is 0.227 e. The van der Waals surface area contributed by atoms with Gasteiger partial charge in [-0.25, -0.2) is 4.98 Å². The van der Waals surface area contributed by atoms with E-state index in [0.717, 1.165) is 66.9 Å². The summed E-state index contributed by atoms with van der Waals surface area (Å²) in [6.45, 7) is 10.8. The molecule has 1 aliphatic carbocycles. The van der Waals surface area contributed by atoms with E-state index in [-0.39, 0.29) is 11.4 Å². The number of aromatic nitrogens is 2. The van der Waals surface area contributed by atoms with Gasteiger partial charge in [0.25, 0.3) is 0 Å². The molecule has 1 spiro atoms. The number of fused-ring (bicyclic) bond motifs is 3. The first-order valence-corrected chi connectivity index (χ1v) is 10.1. The fourth-order valence-corrected chi connectivity index (χ4v) is 5.21. The quantitative estimate of drug-likeness (QED) is 0.828. The second kappa shape index (κ2) is 6.09. The Morgan fingerprint density at radius 3 is 2.61 bits per heavy atom. The lowest BCUT2D eigenvalue weighted by Crippen LogP contribution is -2.40. The van der Waals surface area contributed by atoms with Crippen molar-refractivity contribution < 1.29 is 4.79 Å². The molecule has 2 aromatic rings. The van der Waals surface area contributed by atoms with Gasteiger partial charge in [-0.05, 0) is 56.2 Å². The molecule has 5 rings (SSSR count). The van der Waals surface area contributed by atoms with Crippen LogP contribution in [-0.4, -0.2) is 28.0 Å². The Labute approximate surface area is 165 Å². The minimum Gasteiger partial charge on any atom is -0.377 e. The minimum atomic E-state index is -0.0204. The average Bonchev–Trinajstić information content (AvgIpc) is 3.37. The van der Waals surface area contributed by atoms with E-state index in [1.54, 1.807) is 0 Å². The largest absolute Gasteiger partial charge is 0.377 e. The van der Waals surface area contributed by atoms with Crippen LogP contribution in [0.2, 0.25) is 0 Å². The molecule has 2 aliphatic heterocycles. The number of hydrogen-bond acceptors (Lipinski definition) is 3.